The lowest BCUT2D eigenvalue weighted by molar-refractivity contribution is -0.117. The average Bonchev–Trinajstić information content (AvgIpc) is 3.18. The number of aromatic nitrogens is 3. The zero-order chi connectivity index (χ0) is 22.0. The Kier molecular flexibility index (Phi) is 5.52. The molecule has 0 fully saturated rings. The molecule has 0 unspecified atom stereocenters. The van der Waals surface area contributed by atoms with Crippen LogP contribution in [0.15, 0.2) is 58.1 Å². The Hall–Kier alpha value is -3.95. The van der Waals surface area contributed by atoms with Crippen LogP contribution in [0.3, 0.4) is 0 Å². The molecule has 2 heterocycles. The second kappa shape index (κ2) is 8.42. The number of fused-ring (bicyclic) bond motifs is 1. The Bertz CT molecular complexity index is 1220. The molecule has 160 valence electrons. The van der Waals surface area contributed by atoms with E-state index in [0.717, 1.165) is 4.68 Å². The summed E-state index contributed by atoms with van der Waals surface area (Å²) in [5.74, 6) is 0.00894. The number of anilines is 3. The number of carbonyl (C=O) groups excluding carboxylic acids is 1. The fourth-order valence-corrected chi connectivity index (χ4v) is 3.34. The highest BCUT2D eigenvalue weighted by Crippen LogP contribution is 2.26. The van der Waals surface area contributed by atoms with Gasteiger partial charge in [-0.05, 0) is 55.5 Å². The molecule has 10 heteroatoms. The lowest BCUT2D eigenvalue weighted by Gasteiger charge is -2.17. The minimum atomic E-state index is -0.883. The SMILES string of the molecule is CCOc1ccc(NC(=O)Cn2nc3n(c(=O)c2=O)CCN3c2ccc(F)cc2)cc1. The highest BCUT2D eigenvalue weighted by atomic mass is 19.1. The molecule has 1 aliphatic rings. The summed E-state index contributed by atoms with van der Waals surface area (Å²) < 4.78 is 20.7. The summed E-state index contributed by atoms with van der Waals surface area (Å²) in [6.07, 6.45) is 0. The summed E-state index contributed by atoms with van der Waals surface area (Å²) in [6.45, 7) is 2.65. The highest BCUT2D eigenvalue weighted by Gasteiger charge is 2.26. The van der Waals surface area contributed by atoms with E-state index in [1.165, 1.54) is 16.7 Å². The molecule has 9 nitrogen and oxygen atoms in total. The summed E-state index contributed by atoms with van der Waals surface area (Å²) in [5, 5.41) is 6.90. The van der Waals surface area contributed by atoms with E-state index in [2.05, 4.69) is 10.4 Å². The van der Waals surface area contributed by atoms with Crippen LogP contribution in [0, 0.1) is 5.82 Å². The van der Waals surface area contributed by atoms with Crippen molar-refractivity contribution in [3.05, 3.63) is 75.1 Å². The Labute approximate surface area is 176 Å². The molecule has 4 rings (SSSR count). The lowest BCUT2D eigenvalue weighted by atomic mass is 10.3. The molecule has 31 heavy (non-hydrogen) atoms. The van der Waals surface area contributed by atoms with E-state index in [1.807, 2.05) is 6.92 Å². The van der Waals surface area contributed by atoms with Crippen molar-refractivity contribution in [2.24, 2.45) is 0 Å². The van der Waals surface area contributed by atoms with Gasteiger partial charge in [0.15, 0.2) is 0 Å². The number of hydrogen-bond donors (Lipinski definition) is 1. The van der Waals surface area contributed by atoms with Crippen molar-refractivity contribution >= 4 is 23.2 Å². The summed E-state index contributed by atoms with van der Waals surface area (Å²) in [7, 11) is 0. The maximum Gasteiger partial charge on any atom is 0.333 e. The van der Waals surface area contributed by atoms with Crippen molar-refractivity contribution in [1.82, 2.24) is 14.3 Å². The molecule has 3 aromatic rings. The number of rotatable bonds is 6. The van der Waals surface area contributed by atoms with Gasteiger partial charge in [-0.1, -0.05) is 0 Å². The third-order valence-electron chi connectivity index (χ3n) is 4.78. The third-order valence-corrected chi connectivity index (χ3v) is 4.78. The molecule has 0 saturated carbocycles. The van der Waals surface area contributed by atoms with Crippen LogP contribution in [0.2, 0.25) is 0 Å². The largest absolute Gasteiger partial charge is 0.494 e. The van der Waals surface area contributed by atoms with E-state index < -0.39 is 23.6 Å². The Balaban J connectivity index is 1.56. The van der Waals surface area contributed by atoms with Crippen molar-refractivity contribution < 1.29 is 13.9 Å². The first kappa shape index (κ1) is 20.3. The van der Waals surface area contributed by atoms with Crippen LogP contribution in [0.4, 0.5) is 21.7 Å². The highest BCUT2D eigenvalue weighted by molar-refractivity contribution is 5.90. The first-order valence-electron chi connectivity index (χ1n) is 9.74. The quantitative estimate of drug-likeness (QED) is 0.604. The first-order valence-corrected chi connectivity index (χ1v) is 9.74. The molecule has 2 aromatic carbocycles. The van der Waals surface area contributed by atoms with Crippen molar-refractivity contribution in [3.8, 4) is 5.75 Å². The summed E-state index contributed by atoms with van der Waals surface area (Å²) in [4.78, 5) is 39.1. The minimum Gasteiger partial charge on any atom is -0.494 e. The number of benzene rings is 2. The molecule has 1 aromatic heterocycles. The first-order chi connectivity index (χ1) is 15.0. The van der Waals surface area contributed by atoms with Gasteiger partial charge in [0.25, 0.3) is 0 Å². The molecule has 1 aliphatic heterocycles. The number of carbonyl (C=O) groups is 1. The number of amides is 1. The number of nitrogens with zero attached hydrogens (tertiary/aromatic N) is 4. The van der Waals surface area contributed by atoms with Gasteiger partial charge in [0.2, 0.25) is 11.9 Å². The predicted octanol–water partition coefficient (Wildman–Crippen LogP) is 1.73. The number of ether oxygens (including phenoxy) is 1. The van der Waals surface area contributed by atoms with Gasteiger partial charge >= 0.3 is 11.1 Å². The van der Waals surface area contributed by atoms with Crippen LogP contribution < -0.4 is 26.1 Å². The van der Waals surface area contributed by atoms with E-state index in [-0.39, 0.29) is 18.3 Å². The van der Waals surface area contributed by atoms with Crippen LogP contribution >= 0.6 is 0 Å². The maximum atomic E-state index is 13.2. The van der Waals surface area contributed by atoms with Gasteiger partial charge in [0.1, 0.15) is 18.1 Å². The molecule has 1 N–H and O–H groups in total. The lowest BCUT2D eigenvalue weighted by Crippen LogP contribution is -2.44. The molecule has 0 saturated heterocycles. The fraction of sp³-hybridized carbons (Fsp3) is 0.238. The number of hydrogen-bond acceptors (Lipinski definition) is 6. The van der Waals surface area contributed by atoms with E-state index in [1.54, 1.807) is 41.3 Å². The van der Waals surface area contributed by atoms with Crippen LogP contribution in [-0.2, 0) is 17.9 Å². The van der Waals surface area contributed by atoms with E-state index in [9.17, 15) is 18.8 Å². The minimum absolute atomic E-state index is 0.227. The van der Waals surface area contributed by atoms with E-state index in [0.29, 0.717) is 30.3 Å². The number of nitrogens with one attached hydrogen (secondary N) is 1. The van der Waals surface area contributed by atoms with Crippen molar-refractivity contribution in [2.45, 2.75) is 20.0 Å². The zero-order valence-corrected chi connectivity index (χ0v) is 16.7. The third kappa shape index (κ3) is 4.18. The van der Waals surface area contributed by atoms with Gasteiger partial charge in [-0.15, -0.1) is 5.10 Å². The van der Waals surface area contributed by atoms with Crippen LogP contribution in [0.5, 0.6) is 5.75 Å². The molecule has 0 spiro atoms. The normalized spacial score (nSPS) is 12.5. The number of halogens is 1. The van der Waals surface area contributed by atoms with E-state index >= 15 is 0 Å². The zero-order valence-electron chi connectivity index (χ0n) is 16.7. The Morgan fingerprint density at radius 2 is 1.77 bits per heavy atom. The predicted molar refractivity (Wildman–Crippen MR) is 112 cm³/mol. The summed E-state index contributed by atoms with van der Waals surface area (Å²) >= 11 is 0. The van der Waals surface area contributed by atoms with Crippen LogP contribution in [0.25, 0.3) is 0 Å². The molecule has 0 atom stereocenters. The topological polar surface area (TPSA) is 98.5 Å². The molecular formula is C21H20FN5O4. The molecule has 1 amide bonds. The van der Waals surface area contributed by atoms with Gasteiger partial charge < -0.3 is 15.0 Å². The molecule has 0 aliphatic carbocycles. The smallest absolute Gasteiger partial charge is 0.333 e. The summed E-state index contributed by atoms with van der Waals surface area (Å²) in [5.41, 5.74) is -0.495. The maximum absolute atomic E-state index is 13.2. The van der Waals surface area contributed by atoms with Crippen molar-refractivity contribution in [3.63, 3.8) is 0 Å². The van der Waals surface area contributed by atoms with Gasteiger partial charge in [0, 0.05) is 24.5 Å². The van der Waals surface area contributed by atoms with Gasteiger partial charge in [-0.25, -0.2) is 9.07 Å². The monoisotopic (exact) mass is 425 g/mol. The Morgan fingerprint density at radius 3 is 2.45 bits per heavy atom. The Morgan fingerprint density at radius 1 is 1.06 bits per heavy atom. The van der Waals surface area contributed by atoms with E-state index in [4.69, 9.17) is 4.74 Å². The van der Waals surface area contributed by atoms with Gasteiger partial charge in [0.05, 0.1) is 6.61 Å². The average molecular weight is 425 g/mol. The van der Waals surface area contributed by atoms with Gasteiger partial charge in [-0.2, -0.15) is 0 Å². The standard InChI is InChI=1S/C21H20FN5O4/c1-2-31-17-9-5-15(6-10-17)23-18(28)13-27-20(30)19(29)26-12-11-25(21(26)24-27)16-7-3-14(22)4-8-16/h3-10H,2,11-13H2,1H3,(H,23,28). The van der Waals surface area contributed by atoms with Crippen LogP contribution in [-0.4, -0.2) is 33.4 Å². The second-order valence-electron chi connectivity index (χ2n) is 6.85. The molecule has 0 radical (unpaired) electrons. The molecular weight excluding hydrogens is 405 g/mol. The summed E-state index contributed by atoms with van der Waals surface area (Å²) in [6, 6.07) is 12.5. The van der Waals surface area contributed by atoms with Crippen molar-refractivity contribution in [2.75, 3.05) is 23.4 Å². The fourth-order valence-electron chi connectivity index (χ4n) is 3.34. The molecule has 0 bridgehead atoms. The van der Waals surface area contributed by atoms with Gasteiger partial charge in [-0.3, -0.25) is 19.0 Å². The second-order valence-corrected chi connectivity index (χ2v) is 6.85. The van der Waals surface area contributed by atoms with Crippen molar-refractivity contribution in [1.29, 1.82) is 0 Å². The van der Waals surface area contributed by atoms with Crippen LogP contribution in [0.1, 0.15) is 6.92 Å².